The molecule has 0 bridgehead atoms. The number of nitrogens with zero attached hydrogens (tertiary/aromatic N) is 2. The van der Waals surface area contributed by atoms with Gasteiger partial charge in [-0.1, -0.05) is 86.0 Å². The smallest absolute Gasteiger partial charge is 0.435 e. The minimum absolute atomic E-state index is 0.0317. The molecule has 6 saturated carbocycles. The molecule has 7 aliphatic rings. The van der Waals surface area contributed by atoms with E-state index in [1.807, 2.05) is 13.8 Å². The lowest BCUT2D eigenvalue weighted by Gasteiger charge is -2.72. The molecule has 3 N–H and O–H groups in total. The van der Waals surface area contributed by atoms with Crippen molar-refractivity contribution < 1.29 is 52.8 Å². The van der Waals surface area contributed by atoms with Crippen LogP contribution in [0, 0.1) is 62.6 Å². The van der Waals surface area contributed by atoms with Gasteiger partial charge < -0.3 is 34.7 Å². The van der Waals surface area contributed by atoms with Crippen molar-refractivity contribution in [2.45, 2.75) is 163 Å². The number of aromatic nitrogens is 2. The second-order valence-electron chi connectivity index (χ2n) is 25.5. The van der Waals surface area contributed by atoms with Gasteiger partial charge in [0.05, 0.1) is 42.9 Å². The number of carboxylic acid groups (broad SMARTS) is 1. The Labute approximate surface area is 441 Å². The number of fused-ring (bicyclic) bond motifs is 7. The van der Waals surface area contributed by atoms with Crippen LogP contribution in [0.4, 0.5) is 4.79 Å². The fraction of sp³-hybridized carbons (Fsp3) is 0.707. The topological polar surface area (TPSA) is 201 Å². The van der Waals surface area contributed by atoms with Crippen LogP contribution in [-0.2, 0) is 38.1 Å². The molecule has 404 valence electrons. The van der Waals surface area contributed by atoms with E-state index in [0.29, 0.717) is 73.4 Å². The highest BCUT2D eigenvalue weighted by atomic mass is 35.5. The van der Waals surface area contributed by atoms with Crippen LogP contribution >= 0.6 is 11.6 Å². The molecule has 0 radical (unpaired) electrons. The zero-order valence-corrected chi connectivity index (χ0v) is 46.0. The van der Waals surface area contributed by atoms with Crippen LogP contribution in [-0.4, -0.2) is 101 Å². The predicted octanol–water partition coefficient (Wildman–Crippen LogP) is 10.0. The molecule has 7 aliphatic carbocycles. The van der Waals surface area contributed by atoms with E-state index in [9.17, 15) is 29.1 Å². The first-order valence-electron chi connectivity index (χ1n) is 27.3. The molecule has 2 amide bonds. The van der Waals surface area contributed by atoms with Gasteiger partial charge in [-0.25, -0.2) is 4.79 Å². The fourth-order valence-electron chi connectivity index (χ4n) is 16.4. The Morgan fingerprint density at radius 1 is 0.811 bits per heavy atom. The number of ether oxygens (including phenoxy) is 4. The number of carbonyl (C=O) groups is 6. The lowest BCUT2D eigenvalue weighted by atomic mass is 9.33. The average Bonchev–Trinajstić information content (AvgIpc) is 3.89. The zero-order chi connectivity index (χ0) is 53.6. The van der Waals surface area contributed by atoms with Gasteiger partial charge in [0.2, 0.25) is 5.91 Å². The van der Waals surface area contributed by atoms with E-state index in [-0.39, 0.29) is 82.6 Å². The standard InChI is InChI=1S/C58H79ClN4O11/c1-33(2)45-41(64)32-58(61-50(69)57(20-11-21-57)60-47(65)40-31-39(34-12-14-35(59)15-13-34)62-63(40)51(70)73-29-28-72-27-26-71-10)25-24-55(8)36(46(45)58)16-17-43-54(7)22-19-44(53(5,6)42(54)18-23-56(43,55)9)74-49(68)38-30-37(48(66)67)52(38,3)4/h12-15,31,33,36-38,42-44H,11,16-30,32H2,1-10H3,(H,60,65)(H,61,69)(H,66,67)/t36-,37+,38-,42+,43-,44+,54+,55-,56-,58-/m1/s1. The number of rotatable bonds is 15. The molecule has 1 aromatic heterocycles. The number of halogens is 1. The first kappa shape index (κ1) is 54.2. The van der Waals surface area contributed by atoms with E-state index in [1.165, 1.54) is 6.07 Å². The summed E-state index contributed by atoms with van der Waals surface area (Å²) < 4.78 is 23.4. The number of allylic oxidation sites excluding steroid dienone is 1. The van der Waals surface area contributed by atoms with E-state index >= 15 is 4.79 Å². The molecule has 2 aromatic rings. The van der Waals surface area contributed by atoms with E-state index in [2.05, 4.69) is 64.2 Å². The summed E-state index contributed by atoms with van der Waals surface area (Å²) in [5, 5.41) is 21.3. The number of carbonyl (C=O) groups excluding carboxylic acids is 5. The molecule has 6 fully saturated rings. The number of Topliss-reactive ketones (excluding diaryl/α,β-unsaturated/α-hetero) is 1. The Bertz CT molecular complexity index is 2620. The molecule has 15 nitrogen and oxygen atoms in total. The van der Waals surface area contributed by atoms with Gasteiger partial charge in [-0.2, -0.15) is 9.78 Å². The van der Waals surface area contributed by atoms with Crippen LogP contribution in [0.5, 0.6) is 0 Å². The number of nitrogens with one attached hydrogen (secondary N) is 2. The lowest BCUT2D eigenvalue weighted by Crippen LogP contribution is -2.70. The molecule has 1 heterocycles. The van der Waals surface area contributed by atoms with Gasteiger partial charge in [0, 0.05) is 29.5 Å². The van der Waals surface area contributed by atoms with Crippen molar-refractivity contribution in [3.63, 3.8) is 0 Å². The highest BCUT2D eigenvalue weighted by Crippen LogP contribution is 2.76. The molecule has 74 heavy (non-hydrogen) atoms. The SMILES string of the molecule is COCCOCCOC(=O)n1nc(-c2ccc(Cl)cc2)cc1C(=O)NC1(C(=O)N[C@@]23CC[C@]4(C)[C@H](CC[C@@H]5[C@@]6(C)CC[C@H](OC(=O)[C@H]7C[C@@H](C(=O)O)C7(C)C)C(C)(C)[C@@H]6CC[C@]54C)C2=C(C(C)C)C(=O)C3)CCC1. The van der Waals surface area contributed by atoms with Gasteiger partial charge in [-0.3, -0.25) is 24.0 Å². The maximum absolute atomic E-state index is 15.2. The summed E-state index contributed by atoms with van der Waals surface area (Å²) in [6, 6.07) is 8.37. The minimum atomic E-state index is -1.29. The van der Waals surface area contributed by atoms with Crippen LogP contribution < -0.4 is 10.6 Å². The van der Waals surface area contributed by atoms with E-state index in [1.54, 1.807) is 31.4 Å². The summed E-state index contributed by atoms with van der Waals surface area (Å²) in [6.07, 6.45) is 7.72. The molecule has 0 spiro atoms. The van der Waals surface area contributed by atoms with Crippen molar-refractivity contribution in [1.29, 1.82) is 0 Å². The molecular weight excluding hydrogens is 964 g/mol. The van der Waals surface area contributed by atoms with E-state index in [4.69, 9.17) is 30.5 Å². The Morgan fingerprint density at radius 3 is 2.15 bits per heavy atom. The van der Waals surface area contributed by atoms with Crippen LogP contribution in [0.3, 0.4) is 0 Å². The maximum Gasteiger partial charge on any atom is 0.435 e. The summed E-state index contributed by atoms with van der Waals surface area (Å²) in [6.45, 7) is 20.7. The van der Waals surface area contributed by atoms with E-state index < -0.39 is 46.3 Å². The molecule has 0 saturated heterocycles. The van der Waals surface area contributed by atoms with Gasteiger partial charge in [-0.15, -0.1) is 0 Å². The molecule has 0 unspecified atom stereocenters. The number of hydrogen-bond acceptors (Lipinski definition) is 11. The Kier molecular flexibility index (Phi) is 14.2. The number of methoxy groups -OCH3 is 1. The number of esters is 1. The third kappa shape index (κ3) is 8.65. The average molecular weight is 1040 g/mol. The maximum atomic E-state index is 15.2. The molecular formula is C58H79ClN4O11. The zero-order valence-electron chi connectivity index (χ0n) is 45.3. The van der Waals surface area contributed by atoms with E-state index in [0.717, 1.165) is 60.8 Å². The first-order chi connectivity index (χ1) is 34.8. The van der Waals surface area contributed by atoms with Crippen molar-refractivity contribution in [1.82, 2.24) is 20.4 Å². The van der Waals surface area contributed by atoms with Crippen molar-refractivity contribution in [3.05, 3.63) is 52.2 Å². The summed E-state index contributed by atoms with van der Waals surface area (Å²) >= 11 is 6.18. The van der Waals surface area contributed by atoms with Gasteiger partial charge in [0.15, 0.2) is 5.78 Å². The monoisotopic (exact) mass is 1040 g/mol. The number of aliphatic carboxylic acids is 1. The van der Waals surface area contributed by atoms with Gasteiger partial charge in [0.1, 0.15) is 23.9 Å². The fourth-order valence-corrected chi connectivity index (χ4v) is 16.5. The van der Waals surface area contributed by atoms with Crippen molar-refractivity contribution in [2.75, 3.05) is 33.5 Å². The highest BCUT2D eigenvalue weighted by Gasteiger charge is 2.71. The summed E-state index contributed by atoms with van der Waals surface area (Å²) in [5.74, 6) is -2.34. The third-order valence-electron chi connectivity index (χ3n) is 21.0. The molecule has 1 aromatic carbocycles. The van der Waals surface area contributed by atoms with Crippen molar-refractivity contribution in [2.24, 2.45) is 62.6 Å². The second kappa shape index (κ2) is 19.4. The number of ketones is 1. The van der Waals surface area contributed by atoms with Gasteiger partial charge in [-0.05, 0) is 152 Å². The number of amides is 2. The van der Waals surface area contributed by atoms with Crippen LogP contribution in [0.1, 0.15) is 156 Å². The van der Waals surface area contributed by atoms with Crippen molar-refractivity contribution in [3.8, 4) is 11.3 Å². The Morgan fingerprint density at radius 2 is 1.51 bits per heavy atom. The molecule has 9 rings (SSSR count). The number of carboxylic acids is 1. The summed E-state index contributed by atoms with van der Waals surface area (Å²) in [7, 11) is 1.56. The van der Waals surface area contributed by atoms with Crippen molar-refractivity contribution >= 4 is 47.2 Å². The second-order valence-corrected chi connectivity index (χ2v) is 25.9. The molecule has 16 heteroatoms. The predicted molar refractivity (Wildman–Crippen MR) is 277 cm³/mol. The number of benzene rings is 1. The first-order valence-corrected chi connectivity index (χ1v) is 27.6. The minimum Gasteiger partial charge on any atom is -0.481 e. The largest absolute Gasteiger partial charge is 0.481 e. The summed E-state index contributed by atoms with van der Waals surface area (Å²) in [5.41, 5.74) is -0.662. The van der Waals surface area contributed by atoms with Crippen LogP contribution in [0.25, 0.3) is 11.3 Å². The van der Waals surface area contributed by atoms with Gasteiger partial charge >= 0.3 is 18.0 Å². The van der Waals surface area contributed by atoms with Gasteiger partial charge in [0.25, 0.3) is 5.91 Å². The normalized spacial score (nSPS) is 34.2. The lowest BCUT2D eigenvalue weighted by molar-refractivity contribution is -0.235. The highest BCUT2D eigenvalue weighted by molar-refractivity contribution is 6.30. The molecule has 0 aliphatic heterocycles. The third-order valence-corrected chi connectivity index (χ3v) is 21.2. The van der Waals surface area contributed by atoms with Crippen LogP contribution in [0.15, 0.2) is 41.5 Å². The summed E-state index contributed by atoms with van der Waals surface area (Å²) in [4.78, 5) is 83.5. The quantitative estimate of drug-likeness (QED) is 0.113. The Balaban J connectivity index is 0.948. The Hall–Kier alpha value is -4.60. The number of hydrogen-bond donors (Lipinski definition) is 3. The molecule has 10 atom stereocenters. The van der Waals surface area contributed by atoms with Crippen LogP contribution in [0.2, 0.25) is 5.02 Å².